The Hall–Kier alpha value is -1.82. The molecule has 0 saturated carbocycles. The summed E-state index contributed by atoms with van der Waals surface area (Å²) in [6.45, 7) is 7.41. The average molecular weight is 282 g/mol. The largest absolute Gasteiger partial charge is 0.484 e. The molecule has 0 spiro atoms. The van der Waals surface area contributed by atoms with Gasteiger partial charge in [-0.25, -0.2) is 0 Å². The number of aliphatic hydroxyl groups excluding tert-OH is 1. The van der Waals surface area contributed by atoms with Gasteiger partial charge in [0.25, 0.3) is 0 Å². The van der Waals surface area contributed by atoms with E-state index in [1.165, 1.54) is 0 Å². The molecule has 20 heavy (non-hydrogen) atoms. The fourth-order valence-corrected chi connectivity index (χ4v) is 1.80. The molecule has 0 aliphatic rings. The number of aliphatic hydroxyl groups is 1. The normalized spacial score (nSPS) is 12.6. The first-order valence-electron chi connectivity index (χ1n) is 6.68. The van der Waals surface area contributed by atoms with Gasteiger partial charge in [0, 0.05) is 0 Å². The molecule has 1 aromatic carbocycles. The van der Waals surface area contributed by atoms with E-state index < -0.39 is 4.92 Å². The second-order valence-corrected chi connectivity index (χ2v) is 5.25. The van der Waals surface area contributed by atoms with Gasteiger partial charge < -0.3 is 15.2 Å². The molecule has 1 aromatic rings. The van der Waals surface area contributed by atoms with E-state index in [9.17, 15) is 15.2 Å². The number of benzene rings is 1. The minimum Gasteiger partial charge on any atom is -0.484 e. The summed E-state index contributed by atoms with van der Waals surface area (Å²) in [5.74, 6) is 0.379. The zero-order valence-electron chi connectivity index (χ0n) is 12.3. The summed E-state index contributed by atoms with van der Waals surface area (Å²) in [5.41, 5.74) is 0.265. The van der Waals surface area contributed by atoms with Crippen LogP contribution < -0.4 is 10.1 Å². The Balaban J connectivity index is 3.15. The van der Waals surface area contributed by atoms with Crippen LogP contribution in [0.3, 0.4) is 0 Å². The van der Waals surface area contributed by atoms with Crippen LogP contribution in [0.4, 0.5) is 11.4 Å². The molecule has 6 heteroatoms. The molecule has 0 amide bonds. The quantitative estimate of drug-likeness (QED) is 0.593. The minimum absolute atomic E-state index is 0.0932. The third kappa shape index (κ3) is 4.09. The number of para-hydroxylation sites is 1. The van der Waals surface area contributed by atoms with E-state index in [1.54, 1.807) is 18.2 Å². The van der Waals surface area contributed by atoms with Crippen LogP contribution in [0.25, 0.3) is 0 Å². The highest BCUT2D eigenvalue weighted by molar-refractivity contribution is 5.68. The van der Waals surface area contributed by atoms with Crippen molar-refractivity contribution < 1.29 is 14.8 Å². The van der Waals surface area contributed by atoms with Crippen LogP contribution in [0.2, 0.25) is 0 Å². The Kier molecular flexibility index (Phi) is 5.76. The lowest BCUT2D eigenvalue weighted by atomic mass is 10.0. The Bertz CT molecular complexity index is 460. The molecule has 0 saturated heterocycles. The van der Waals surface area contributed by atoms with Gasteiger partial charge in [0.1, 0.15) is 5.69 Å². The molecule has 112 valence electrons. The van der Waals surface area contributed by atoms with Gasteiger partial charge in [0.05, 0.1) is 23.7 Å². The molecular weight excluding hydrogens is 260 g/mol. The summed E-state index contributed by atoms with van der Waals surface area (Å²) in [7, 11) is 0. The maximum absolute atomic E-state index is 11.3. The number of nitro benzene ring substituents is 1. The molecule has 0 aliphatic carbocycles. The number of nitrogens with zero attached hydrogens (tertiary/aromatic N) is 1. The van der Waals surface area contributed by atoms with Crippen molar-refractivity contribution in [3.63, 3.8) is 0 Å². The van der Waals surface area contributed by atoms with Gasteiger partial charge in [-0.3, -0.25) is 10.1 Å². The number of hydrogen-bond acceptors (Lipinski definition) is 5. The maximum atomic E-state index is 11.3. The Morgan fingerprint density at radius 1 is 1.35 bits per heavy atom. The van der Waals surface area contributed by atoms with Crippen molar-refractivity contribution in [2.75, 3.05) is 11.9 Å². The van der Waals surface area contributed by atoms with Gasteiger partial charge in [-0.15, -0.1) is 0 Å². The van der Waals surface area contributed by atoms with E-state index in [1.807, 2.05) is 27.7 Å². The molecule has 6 nitrogen and oxygen atoms in total. The number of ether oxygens (including phenoxy) is 1. The molecule has 0 fully saturated rings. The van der Waals surface area contributed by atoms with Crippen molar-refractivity contribution in [3.8, 4) is 5.75 Å². The fraction of sp³-hybridized carbons (Fsp3) is 0.571. The summed E-state index contributed by atoms with van der Waals surface area (Å²) in [6.07, 6.45) is -0.150. The first-order valence-corrected chi connectivity index (χ1v) is 6.68. The van der Waals surface area contributed by atoms with Crippen LogP contribution in [0.15, 0.2) is 18.2 Å². The lowest BCUT2D eigenvalue weighted by molar-refractivity contribution is -0.385. The number of nitro groups is 1. The monoisotopic (exact) mass is 282 g/mol. The molecule has 0 radical (unpaired) electrons. The third-order valence-corrected chi connectivity index (χ3v) is 2.89. The average Bonchev–Trinajstić information content (AvgIpc) is 2.34. The Labute approximate surface area is 118 Å². The van der Waals surface area contributed by atoms with E-state index in [2.05, 4.69) is 5.32 Å². The predicted octanol–water partition coefficient (Wildman–Crippen LogP) is 2.81. The highest BCUT2D eigenvalue weighted by atomic mass is 16.6. The van der Waals surface area contributed by atoms with Crippen molar-refractivity contribution in [1.29, 1.82) is 0 Å². The predicted molar refractivity (Wildman–Crippen MR) is 78.2 cm³/mol. The Morgan fingerprint density at radius 2 is 2.00 bits per heavy atom. The van der Waals surface area contributed by atoms with Gasteiger partial charge in [0.2, 0.25) is 0 Å². The third-order valence-electron chi connectivity index (χ3n) is 2.89. The van der Waals surface area contributed by atoms with Crippen LogP contribution in [0.1, 0.15) is 27.7 Å². The topological polar surface area (TPSA) is 84.6 Å². The first-order chi connectivity index (χ1) is 9.36. The van der Waals surface area contributed by atoms with Crippen LogP contribution in [-0.4, -0.2) is 28.8 Å². The molecule has 0 aliphatic heterocycles. The van der Waals surface area contributed by atoms with Crippen molar-refractivity contribution in [3.05, 3.63) is 28.3 Å². The van der Waals surface area contributed by atoms with Gasteiger partial charge >= 0.3 is 5.69 Å². The van der Waals surface area contributed by atoms with Crippen LogP contribution in [0.5, 0.6) is 5.75 Å². The molecule has 1 unspecified atom stereocenters. The van der Waals surface area contributed by atoms with Crippen LogP contribution in [-0.2, 0) is 0 Å². The van der Waals surface area contributed by atoms with Crippen molar-refractivity contribution in [1.82, 2.24) is 0 Å². The number of anilines is 1. The Morgan fingerprint density at radius 3 is 2.45 bits per heavy atom. The molecular formula is C14H22N2O4. The van der Waals surface area contributed by atoms with Gasteiger partial charge in [-0.2, -0.15) is 0 Å². The smallest absolute Gasteiger partial charge is 0.333 e. The summed E-state index contributed by atoms with van der Waals surface area (Å²) in [5, 5.41) is 23.6. The lowest BCUT2D eigenvalue weighted by Crippen LogP contribution is -2.29. The highest BCUT2D eigenvalue weighted by Crippen LogP contribution is 2.36. The molecule has 0 aromatic heterocycles. The molecule has 1 atom stereocenters. The zero-order chi connectivity index (χ0) is 15.3. The summed E-state index contributed by atoms with van der Waals surface area (Å²) in [4.78, 5) is 10.8. The minimum atomic E-state index is -0.463. The van der Waals surface area contributed by atoms with Crippen LogP contribution >= 0.6 is 0 Å². The second-order valence-electron chi connectivity index (χ2n) is 5.25. The van der Waals surface area contributed by atoms with E-state index in [0.717, 1.165) is 0 Å². The molecule has 0 heterocycles. The summed E-state index contributed by atoms with van der Waals surface area (Å²) >= 11 is 0. The van der Waals surface area contributed by atoms with E-state index in [4.69, 9.17) is 4.74 Å². The lowest BCUT2D eigenvalue weighted by Gasteiger charge is -2.21. The van der Waals surface area contributed by atoms with Gasteiger partial charge in [0.15, 0.2) is 5.75 Å². The molecule has 2 N–H and O–H groups in total. The van der Waals surface area contributed by atoms with Crippen molar-refractivity contribution in [2.45, 2.75) is 39.8 Å². The second kappa shape index (κ2) is 7.09. The van der Waals surface area contributed by atoms with Crippen molar-refractivity contribution >= 4 is 11.4 Å². The van der Waals surface area contributed by atoms with Gasteiger partial charge in [-0.1, -0.05) is 19.9 Å². The number of rotatable bonds is 7. The highest BCUT2D eigenvalue weighted by Gasteiger charge is 2.24. The summed E-state index contributed by atoms with van der Waals surface area (Å²) < 4.78 is 5.48. The van der Waals surface area contributed by atoms with Gasteiger partial charge in [-0.05, 0) is 31.9 Å². The van der Waals surface area contributed by atoms with E-state index in [0.29, 0.717) is 5.69 Å². The SMILES string of the molecule is CC(C)Oc1cccc(NC(CO)C(C)C)c1[N+](=O)[O-]. The van der Waals surface area contributed by atoms with E-state index >= 15 is 0 Å². The maximum Gasteiger partial charge on any atom is 0.333 e. The van der Waals surface area contributed by atoms with Crippen LogP contribution in [0, 0.1) is 16.0 Å². The van der Waals surface area contributed by atoms with E-state index in [-0.39, 0.29) is 36.1 Å². The number of hydrogen-bond donors (Lipinski definition) is 2. The first kappa shape index (κ1) is 16.2. The zero-order valence-corrected chi connectivity index (χ0v) is 12.3. The standard InChI is InChI=1S/C14H22N2O4/c1-9(2)12(8-17)15-11-6-5-7-13(20-10(3)4)14(11)16(18)19/h5-7,9-10,12,15,17H,8H2,1-4H3. The number of nitrogens with one attached hydrogen (secondary N) is 1. The molecule has 0 bridgehead atoms. The fourth-order valence-electron chi connectivity index (χ4n) is 1.80. The van der Waals surface area contributed by atoms with Crippen molar-refractivity contribution in [2.24, 2.45) is 5.92 Å². The summed E-state index contributed by atoms with van der Waals surface area (Å²) in [6, 6.07) is 4.65. The molecule has 1 rings (SSSR count).